The van der Waals surface area contributed by atoms with Crippen LogP contribution in [0.1, 0.15) is 142 Å². The predicted molar refractivity (Wildman–Crippen MR) is 395 cm³/mol. The highest BCUT2D eigenvalue weighted by Crippen LogP contribution is 2.24. The number of nitrogens with one attached hydrogen (secondary N) is 10. The van der Waals surface area contributed by atoms with Crippen molar-refractivity contribution in [3.05, 3.63) is 144 Å². The van der Waals surface area contributed by atoms with Crippen LogP contribution in [0.15, 0.2) is 121 Å². The summed E-state index contributed by atoms with van der Waals surface area (Å²) in [6, 6.07) is 20.4. The van der Waals surface area contributed by atoms with Crippen molar-refractivity contribution in [3.63, 3.8) is 0 Å². The van der Waals surface area contributed by atoms with E-state index < -0.39 is 155 Å². The van der Waals surface area contributed by atoms with Crippen LogP contribution in [0.2, 0.25) is 0 Å². The van der Waals surface area contributed by atoms with Gasteiger partial charge in [-0.1, -0.05) is 177 Å². The van der Waals surface area contributed by atoms with Gasteiger partial charge < -0.3 is 74.4 Å². The maximum absolute atomic E-state index is 15.3. The lowest BCUT2D eigenvalue weighted by Gasteiger charge is -2.32. The molecular weight excluding hydrogens is 1320 g/mol. The number of hydrogen-bond acceptors (Lipinski definition) is 14. The van der Waals surface area contributed by atoms with Gasteiger partial charge in [-0.3, -0.25) is 57.5 Å². The van der Waals surface area contributed by atoms with Gasteiger partial charge in [0, 0.05) is 38.8 Å². The molecule has 3 aliphatic rings. The van der Waals surface area contributed by atoms with E-state index in [1.165, 1.54) is 9.80 Å². The number of hydrogen-bond donors (Lipinski definition) is 12. The van der Waals surface area contributed by atoms with E-state index in [1.54, 1.807) is 149 Å². The SMILES string of the molecule is CC(C)C[C@@H]1NC(=O)[C@H](CCCN)NC(=O)[C@H](C(C)C)NC(=O)[C@@H]2CCCN2C(=O)[C@@H](Cc2ccccc2)NC(=O)[C@@H](Cc2ccccc2)NC(=O)[C@H](CC(C)C)NC(=O)[C@H](CCCN)NC(=O)[C@H](C(C)C)NC(=O)[C@@H]2CCCN2C(=O)[C@@H](Cc2ccccc2)NC(=O)[C@@H](Cc2ccccc2)NC1=O. The van der Waals surface area contributed by atoms with Crippen LogP contribution in [0.4, 0.5) is 0 Å². The number of nitrogens with zero attached hydrogens (tertiary/aromatic N) is 2. The van der Waals surface area contributed by atoms with Crippen LogP contribution in [-0.4, -0.2) is 179 Å². The molecule has 14 N–H and O–H groups in total. The summed E-state index contributed by atoms with van der Waals surface area (Å²) in [6.45, 7) is 14.7. The zero-order valence-electron chi connectivity index (χ0n) is 61.5. The average Bonchev–Trinajstić information content (AvgIpc) is 1.58. The van der Waals surface area contributed by atoms with Crippen molar-refractivity contribution < 1.29 is 57.5 Å². The minimum atomic E-state index is -1.35. The summed E-state index contributed by atoms with van der Waals surface area (Å²) < 4.78 is 0. The Morgan fingerprint density at radius 1 is 0.327 bits per heavy atom. The third-order valence-corrected chi connectivity index (χ3v) is 19.1. The van der Waals surface area contributed by atoms with E-state index in [0.29, 0.717) is 35.1 Å². The number of nitrogens with two attached hydrogens (primary N) is 2. The van der Waals surface area contributed by atoms with E-state index >= 15 is 19.2 Å². The summed E-state index contributed by atoms with van der Waals surface area (Å²) in [4.78, 5) is 182. The number of amides is 12. The van der Waals surface area contributed by atoms with Crippen LogP contribution in [0.3, 0.4) is 0 Å². The fourth-order valence-electron chi connectivity index (χ4n) is 13.5. The van der Waals surface area contributed by atoms with Crippen LogP contribution < -0.4 is 64.6 Å². The predicted octanol–water partition coefficient (Wildman–Crippen LogP) is 2.68. The molecule has 3 heterocycles. The van der Waals surface area contributed by atoms with Gasteiger partial charge in [0.25, 0.3) is 0 Å². The molecule has 26 heteroatoms. The number of fused-ring (bicyclic) bond motifs is 2. The molecule has 0 spiro atoms. The van der Waals surface area contributed by atoms with Gasteiger partial charge in [-0.15, -0.1) is 0 Å². The standard InChI is InChI=1S/C78H110N14O12/c1-47(2)41-57-69(95)85-59(43-51-25-13-9-14-26-51)71(97)87-61(45-53-29-17-11-18-30-53)77(103)91-39-23-36-64(91)74(100)90-66(50(7)8)76(102)82-56(34-22-38-80)68(94)84-58(42-48(3)4)70(96)86-60(44-52-27-15-10-16-28-52)72(98)88-62(46-54-31-19-12-20-32-54)78(104)92-40-24-35-63(92)73(99)89-65(49(5)6)75(101)81-55(33-21-37-79)67(93)83-57/h9-20,25-32,47-50,55-66H,21-24,33-46,79-80H2,1-8H3,(H,81,101)(H,82,102)(H,83,93)(H,84,94)(H,85,95)(H,86,96)(H,87,97)(H,88,98)(H,89,99)(H,90,100)/t55-,56-,57-,58-,59+,60+,61+,62+,63-,64-,65-,66-/m0/s1. The van der Waals surface area contributed by atoms with Gasteiger partial charge in [0.2, 0.25) is 70.9 Å². The second kappa shape index (κ2) is 40.5. The van der Waals surface area contributed by atoms with Crippen LogP contribution in [-0.2, 0) is 83.2 Å². The van der Waals surface area contributed by atoms with E-state index in [2.05, 4.69) is 53.2 Å². The van der Waals surface area contributed by atoms with Crippen molar-refractivity contribution in [1.82, 2.24) is 63.0 Å². The lowest BCUT2D eigenvalue weighted by Crippen LogP contribution is -2.62. The third kappa shape index (κ3) is 24.3. The first-order valence-electron chi connectivity index (χ1n) is 37.0. The summed E-state index contributed by atoms with van der Waals surface area (Å²) in [5.41, 5.74) is 14.6. The summed E-state index contributed by atoms with van der Waals surface area (Å²) in [7, 11) is 0. The van der Waals surface area contributed by atoms with E-state index in [4.69, 9.17) is 11.5 Å². The van der Waals surface area contributed by atoms with E-state index in [0.717, 1.165) is 0 Å². The number of benzene rings is 4. The Labute approximate surface area is 611 Å². The van der Waals surface area contributed by atoms with Crippen molar-refractivity contribution in [1.29, 1.82) is 0 Å². The normalized spacial score (nSPS) is 25.4. The molecule has 0 aromatic heterocycles. The Morgan fingerprint density at radius 2 is 0.587 bits per heavy atom. The van der Waals surface area contributed by atoms with Gasteiger partial charge in [0.05, 0.1) is 0 Å². The van der Waals surface area contributed by atoms with Crippen molar-refractivity contribution in [3.8, 4) is 0 Å². The van der Waals surface area contributed by atoms with E-state index in [9.17, 15) is 38.4 Å². The Balaban J connectivity index is 1.29. The zero-order chi connectivity index (χ0) is 75.6. The molecule has 0 aliphatic carbocycles. The Bertz CT molecular complexity index is 3300. The molecule has 564 valence electrons. The zero-order valence-corrected chi connectivity index (χ0v) is 61.5. The minimum Gasteiger partial charge on any atom is -0.343 e. The summed E-state index contributed by atoms with van der Waals surface area (Å²) >= 11 is 0. The van der Waals surface area contributed by atoms with E-state index in [-0.39, 0.29) is 115 Å². The quantitative estimate of drug-likeness (QED) is 0.0606. The second-order valence-corrected chi connectivity index (χ2v) is 29.2. The second-order valence-electron chi connectivity index (χ2n) is 29.2. The highest BCUT2D eigenvalue weighted by Gasteiger charge is 2.44. The van der Waals surface area contributed by atoms with Gasteiger partial charge in [0.15, 0.2) is 0 Å². The Hall–Kier alpha value is -9.56. The van der Waals surface area contributed by atoms with Crippen molar-refractivity contribution in [2.24, 2.45) is 35.1 Å². The lowest BCUT2D eigenvalue weighted by molar-refractivity contribution is -0.143. The van der Waals surface area contributed by atoms with Gasteiger partial charge in [-0.05, 0) is 123 Å². The lowest BCUT2D eigenvalue weighted by atomic mass is 9.98. The van der Waals surface area contributed by atoms with Crippen LogP contribution >= 0.6 is 0 Å². The van der Waals surface area contributed by atoms with Gasteiger partial charge in [0.1, 0.15) is 72.5 Å². The number of rotatable bonds is 20. The Morgan fingerprint density at radius 3 is 0.875 bits per heavy atom. The molecule has 4 aromatic rings. The highest BCUT2D eigenvalue weighted by atomic mass is 16.2. The summed E-state index contributed by atoms with van der Waals surface area (Å²) in [6.07, 6.45) is 1.66. The number of carbonyl (C=O) groups excluding carboxylic acids is 12. The molecule has 26 nitrogen and oxygen atoms in total. The number of carbonyl (C=O) groups is 12. The largest absolute Gasteiger partial charge is 0.343 e. The van der Waals surface area contributed by atoms with Crippen molar-refractivity contribution in [2.45, 2.75) is 218 Å². The average molecular weight is 1440 g/mol. The molecule has 3 fully saturated rings. The maximum Gasteiger partial charge on any atom is 0.246 e. The Kier molecular flexibility index (Phi) is 31.8. The molecule has 0 radical (unpaired) electrons. The first-order chi connectivity index (χ1) is 49.7. The maximum atomic E-state index is 15.3. The smallest absolute Gasteiger partial charge is 0.246 e. The van der Waals surface area contributed by atoms with Gasteiger partial charge in [-0.2, -0.15) is 0 Å². The topological polar surface area (TPSA) is 384 Å². The molecule has 7 rings (SSSR count). The first-order valence-corrected chi connectivity index (χ1v) is 37.0. The summed E-state index contributed by atoms with van der Waals surface area (Å²) in [5.74, 6) is -10.0. The first kappa shape index (κ1) is 81.7. The van der Waals surface area contributed by atoms with Gasteiger partial charge in [-0.25, -0.2) is 0 Å². The molecule has 0 unspecified atom stereocenters. The minimum absolute atomic E-state index is 0.0202. The fraction of sp³-hybridized carbons (Fsp3) is 0.538. The fourth-order valence-corrected chi connectivity index (χ4v) is 13.5. The molecule has 104 heavy (non-hydrogen) atoms. The van der Waals surface area contributed by atoms with Crippen molar-refractivity contribution in [2.75, 3.05) is 26.2 Å². The molecule has 0 saturated carbocycles. The molecule has 12 atom stereocenters. The molecular formula is C78H110N14O12. The summed E-state index contributed by atoms with van der Waals surface area (Å²) in [5, 5.41) is 28.7. The van der Waals surface area contributed by atoms with E-state index in [1.807, 2.05) is 27.7 Å². The van der Waals surface area contributed by atoms with Crippen LogP contribution in [0.5, 0.6) is 0 Å². The van der Waals surface area contributed by atoms with Crippen LogP contribution in [0.25, 0.3) is 0 Å². The monoisotopic (exact) mass is 1430 g/mol. The molecule has 3 saturated heterocycles. The van der Waals surface area contributed by atoms with Crippen LogP contribution in [0, 0.1) is 23.7 Å². The molecule has 12 amide bonds. The van der Waals surface area contributed by atoms with Gasteiger partial charge >= 0.3 is 0 Å². The molecule has 3 aliphatic heterocycles. The van der Waals surface area contributed by atoms with Crippen molar-refractivity contribution >= 4 is 70.9 Å². The molecule has 0 bridgehead atoms. The third-order valence-electron chi connectivity index (χ3n) is 19.1. The molecule has 4 aromatic carbocycles. The highest BCUT2D eigenvalue weighted by molar-refractivity contribution is 6.01.